The van der Waals surface area contributed by atoms with Gasteiger partial charge in [0.2, 0.25) is 5.96 Å². The summed E-state index contributed by atoms with van der Waals surface area (Å²) in [6.45, 7) is 14.0. The number of nitrogens with zero attached hydrogens (tertiary/aromatic N) is 5. The number of hydrogen-bond donors (Lipinski definition) is 2. The van der Waals surface area contributed by atoms with Gasteiger partial charge in [0, 0.05) is 39.4 Å². The number of rotatable bonds is 8. The lowest BCUT2D eigenvalue weighted by molar-refractivity contribution is 0.199. The zero-order chi connectivity index (χ0) is 17.8. The quantitative estimate of drug-likeness (QED) is 0.402. The molecule has 0 aromatic heterocycles. The van der Waals surface area contributed by atoms with Crippen molar-refractivity contribution in [3.63, 3.8) is 0 Å². The molecule has 0 atom stereocenters. The minimum Gasteiger partial charge on any atom is -0.314 e. The molecule has 0 unspecified atom stereocenters. The second kappa shape index (κ2) is 11.9. The van der Waals surface area contributed by atoms with Crippen molar-refractivity contribution in [3.8, 4) is 0 Å². The Balaban J connectivity index is 5.35. The van der Waals surface area contributed by atoms with Gasteiger partial charge in [-0.25, -0.2) is 15.4 Å². The van der Waals surface area contributed by atoms with Crippen molar-refractivity contribution in [1.29, 1.82) is 0 Å². The molecule has 132 valence electrons. The van der Waals surface area contributed by atoms with Crippen molar-refractivity contribution in [3.05, 3.63) is 12.8 Å². The van der Waals surface area contributed by atoms with Crippen LogP contribution in [0, 0.1) is 0 Å². The molecule has 0 spiro atoms. The first kappa shape index (κ1) is 21.4. The normalized spacial score (nSPS) is 13.9. The molecule has 0 aromatic carbocycles. The van der Waals surface area contributed by atoms with E-state index in [1.807, 2.05) is 27.9 Å². The third kappa shape index (κ3) is 8.01. The van der Waals surface area contributed by atoms with Gasteiger partial charge in [-0.3, -0.25) is 14.9 Å². The molecule has 0 saturated heterocycles. The van der Waals surface area contributed by atoms with E-state index in [0.717, 1.165) is 11.5 Å². The van der Waals surface area contributed by atoms with Crippen molar-refractivity contribution in [1.82, 2.24) is 20.7 Å². The molecule has 0 aliphatic carbocycles. The lowest BCUT2D eigenvalue weighted by atomic mass is 10.3. The fourth-order valence-corrected chi connectivity index (χ4v) is 1.66. The van der Waals surface area contributed by atoms with Crippen molar-refractivity contribution < 1.29 is 0 Å². The zero-order valence-corrected chi connectivity index (χ0v) is 15.7. The molecule has 0 aromatic rings. The van der Waals surface area contributed by atoms with E-state index in [9.17, 15) is 0 Å². The Morgan fingerprint density at radius 3 is 2.39 bits per heavy atom. The fourth-order valence-electron chi connectivity index (χ4n) is 1.66. The third-order valence-corrected chi connectivity index (χ3v) is 3.32. The van der Waals surface area contributed by atoms with Gasteiger partial charge in [-0.1, -0.05) is 6.58 Å². The van der Waals surface area contributed by atoms with Gasteiger partial charge in [0.15, 0.2) is 0 Å². The summed E-state index contributed by atoms with van der Waals surface area (Å²) in [6, 6.07) is 0.411. The van der Waals surface area contributed by atoms with Gasteiger partial charge in [-0.05, 0) is 34.7 Å². The van der Waals surface area contributed by atoms with Crippen LogP contribution in [-0.2, 0) is 0 Å². The van der Waals surface area contributed by atoms with Crippen LogP contribution >= 0.6 is 0 Å². The molecule has 0 aliphatic rings. The minimum atomic E-state index is 0.411. The lowest BCUT2D eigenvalue weighted by Crippen LogP contribution is -2.44. The van der Waals surface area contributed by atoms with E-state index in [1.54, 1.807) is 18.1 Å². The monoisotopic (exact) mass is 323 g/mol. The van der Waals surface area contributed by atoms with E-state index in [4.69, 9.17) is 4.99 Å². The highest BCUT2D eigenvalue weighted by atomic mass is 15.5. The molecular formula is C16H33N7. The van der Waals surface area contributed by atoms with Gasteiger partial charge in [0.25, 0.3) is 0 Å². The van der Waals surface area contributed by atoms with Gasteiger partial charge in [-0.15, -0.1) is 0 Å². The predicted octanol–water partition coefficient (Wildman–Crippen LogP) is 1.36. The molecule has 0 aliphatic heterocycles. The van der Waals surface area contributed by atoms with Crippen LogP contribution in [0.1, 0.15) is 27.7 Å². The first-order valence-corrected chi connectivity index (χ1v) is 7.98. The maximum Gasteiger partial charge on any atom is 0.230 e. The van der Waals surface area contributed by atoms with Crippen LogP contribution in [0.15, 0.2) is 27.8 Å². The molecule has 0 radical (unpaired) electrons. The number of hydrazine groups is 1. The SMILES string of the molecule is C=CN(C(C)=NC)C(N=C(CNC)CNN(C)C(C)C)=NCC. The maximum absolute atomic E-state index is 4.72. The Morgan fingerprint density at radius 1 is 1.30 bits per heavy atom. The molecule has 7 nitrogen and oxygen atoms in total. The van der Waals surface area contributed by atoms with E-state index in [1.165, 1.54) is 0 Å². The second-order valence-electron chi connectivity index (χ2n) is 5.35. The molecule has 7 heteroatoms. The summed E-state index contributed by atoms with van der Waals surface area (Å²) >= 11 is 0. The molecule has 23 heavy (non-hydrogen) atoms. The highest BCUT2D eigenvalue weighted by Gasteiger charge is 2.12. The Bertz CT molecular complexity index is 438. The van der Waals surface area contributed by atoms with E-state index in [0.29, 0.717) is 31.6 Å². The Labute approximate surface area is 141 Å². The van der Waals surface area contributed by atoms with E-state index in [2.05, 4.69) is 46.2 Å². The maximum atomic E-state index is 4.72. The summed E-state index contributed by atoms with van der Waals surface area (Å²) < 4.78 is 0. The topological polar surface area (TPSA) is 67.6 Å². The van der Waals surface area contributed by atoms with Crippen molar-refractivity contribution >= 4 is 17.5 Å². The zero-order valence-electron chi connectivity index (χ0n) is 15.7. The molecule has 0 saturated carbocycles. The standard InChI is InChI=1S/C16H33N7/c1-9-19-16(23(10-2)14(5)18-7)21-15(11-17-6)12-20-22(8)13(3)4/h10,13,17,20H,2,9,11-12H2,1,3-8H3. The largest absolute Gasteiger partial charge is 0.314 e. The van der Waals surface area contributed by atoms with Crippen LogP contribution in [0.2, 0.25) is 0 Å². The Hall–Kier alpha value is -1.57. The predicted molar refractivity (Wildman–Crippen MR) is 101 cm³/mol. The van der Waals surface area contributed by atoms with E-state index in [-0.39, 0.29) is 0 Å². The molecular weight excluding hydrogens is 290 g/mol. The van der Waals surface area contributed by atoms with Crippen molar-refractivity contribution in [2.45, 2.75) is 33.7 Å². The van der Waals surface area contributed by atoms with Gasteiger partial charge in [0.05, 0.1) is 12.3 Å². The Morgan fingerprint density at radius 2 is 1.96 bits per heavy atom. The smallest absolute Gasteiger partial charge is 0.230 e. The van der Waals surface area contributed by atoms with E-state index >= 15 is 0 Å². The van der Waals surface area contributed by atoms with Crippen molar-refractivity contribution in [2.75, 3.05) is 40.8 Å². The lowest BCUT2D eigenvalue weighted by Gasteiger charge is -2.23. The van der Waals surface area contributed by atoms with Gasteiger partial charge in [0.1, 0.15) is 5.84 Å². The number of aliphatic imine (C=N–C) groups is 3. The van der Waals surface area contributed by atoms with Crippen LogP contribution in [0.4, 0.5) is 0 Å². The van der Waals surface area contributed by atoms with Crippen LogP contribution in [0.5, 0.6) is 0 Å². The summed E-state index contributed by atoms with van der Waals surface area (Å²) in [7, 11) is 5.67. The number of amidine groups is 1. The van der Waals surface area contributed by atoms with Gasteiger partial charge < -0.3 is 5.32 Å². The highest BCUT2D eigenvalue weighted by molar-refractivity contribution is 6.06. The summed E-state index contributed by atoms with van der Waals surface area (Å²) in [5, 5.41) is 5.21. The molecule has 0 heterocycles. The van der Waals surface area contributed by atoms with Crippen LogP contribution in [-0.4, -0.2) is 74.2 Å². The number of guanidine groups is 1. The van der Waals surface area contributed by atoms with Crippen molar-refractivity contribution in [2.24, 2.45) is 15.0 Å². The van der Waals surface area contributed by atoms with Gasteiger partial charge in [-0.2, -0.15) is 0 Å². The summed E-state index contributed by atoms with van der Waals surface area (Å²) in [5.41, 5.74) is 4.31. The molecule has 0 rings (SSSR count). The molecule has 2 N–H and O–H groups in total. The number of hydrogen-bond acceptors (Lipinski definition) is 5. The summed E-state index contributed by atoms with van der Waals surface area (Å²) in [4.78, 5) is 15.2. The van der Waals surface area contributed by atoms with Gasteiger partial charge >= 0.3 is 0 Å². The summed E-state index contributed by atoms with van der Waals surface area (Å²) in [5.74, 6) is 1.40. The molecule has 0 bridgehead atoms. The number of nitrogens with one attached hydrogen (secondary N) is 2. The average molecular weight is 323 g/mol. The average Bonchev–Trinajstić information content (AvgIpc) is 2.52. The first-order chi connectivity index (χ1) is 10.9. The van der Waals surface area contributed by atoms with E-state index < -0.39 is 0 Å². The minimum absolute atomic E-state index is 0.411. The first-order valence-electron chi connectivity index (χ1n) is 7.98. The Kier molecular flexibility index (Phi) is 11.1. The van der Waals surface area contributed by atoms with Crippen LogP contribution in [0.25, 0.3) is 0 Å². The highest BCUT2D eigenvalue weighted by Crippen LogP contribution is 2.00. The van der Waals surface area contributed by atoms with Crippen LogP contribution in [0.3, 0.4) is 0 Å². The molecule has 0 fully saturated rings. The van der Waals surface area contributed by atoms with Crippen LogP contribution < -0.4 is 10.7 Å². The third-order valence-electron chi connectivity index (χ3n) is 3.32. The summed E-state index contributed by atoms with van der Waals surface area (Å²) in [6.07, 6.45) is 1.69. The fraction of sp³-hybridized carbons (Fsp3) is 0.688. The molecule has 0 amide bonds. The second-order valence-corrected chi connectivity index (χ2v) is 5.35.